The molecule has 6 heteroatoms. The molecular formula is C23H22F2N4. The van der Waals surface area contributed by atoms with Crippen LogP contribution < -0.4 is 5.73 Å². The average molecular weight is 392 g/mol. The summed E-state index contributed by atoms with van der Waals surface area (Å²) in [7, 11) is 0. The highest BCUT2D eigenvalue weighted by atomic mass is 19.2. The Balaban J connectivity index is 2.32. The number of benzene rings is 1. The van der Waals surface area contributed by atoms with Crippen LogP contribution >= 0.6 is 0 Å². The molecule has 148 valence electrons. The van der Waals surface area contributed by atoms with Crippen LogP contribution in [0, 0.1) is 68.3 Å². The van der Waals surface area contributed by atoms with Crippen LogP contribution in [0.2, 0.25) is 0 Å². The molecule has 0 aliphatic heterocycles. The van der Waals surface area contributed by atoms with Gasteiger partial charge in [0.15, 0.2) is 17.0 Å². The Bertz CT molecular complexity index is 1030. The first-order valence-electron chi connectivity index (χ1n) is 9.49. The lowest BCUT2D eigenvalue weighted by Gasteiger charge is -2.47. The molecule has 3 atom stereocenters. The van der Waals surface area contributed by atoms with Gasteiger partial charge >= 0.3 is 0 Å². The maximum absolute atomic E-state index is 14.1. The summed E-state index contributed by atoms with van der Waals surface area (Å²) in [5.74, 6) is -2.99. The first kappa shape index (κ1) is 20.6. The van der Waals surface area contributed by atoms with Gasteiger partial charge in [0.25, 0.3) is 0 Å². The third kappa shape index (κ3) is 3.08. The first-order chi connectivity index (χ1) is 13.6. The van der Waals surface area contributed by atoms with Crippen molar-refractivity contribution in [2.75, 3.05) is 0 Å². The zero-order valence-corrected chi connectivity index (χ0v) is 16.6. The smallest absolute Gasteiger partial charge is 0.191 e. The van der Waals surface area contributed by atoms with Gasteiger partial charge in [-0.15, -0.1) is 0 Å². The highest BCUT2D eigenvalue weighted by Crippen LogP contribution is 2.57. The lowest BCUT2D eigenvalue weighted by atomic mass is 9.54. The molecule has 0 spiro atoms. The van der Waals surface area contributed by atoms with Crippen LogP contribution in [-0.4, -0.2) is 0 Å². The van der Waals surface area contributed by atoms with Gasteiger partial charge in [-0.05, 0) is 53.4 Å². The molecule has 0 heterocycles. The maximum Gasteiger partial charge on any atom is 0.191 e. The van der Waals surface area contributed by atoms with Crippen molar-refractivity contribution in [3.05, 3.63) is 58.3 Å². The molecular weight excluding hydrogens is 370 g/mol. The van der Waals surface area contributed by atoms with Crippen LogP contribution in [0.3, 0.4) is 0 Å². The number of allylic oxidation sites excluding steroid dienone is 4. The van der Waals surface area contributed by atoms with E-state index in [0.717, 1.165) is 18.6 Å². The van der Waals surface area contributed by atoms with Gasteiger partial charge in [0, 0.05) is 5.92 Å². The molecule has 2 aliphatic rings. The summed E-state index contributed by atoms with van der Waals surface area (Å²) in [4.78, 5) is 0. The fraction of sp³-hybridized carbons (Fsp3) is 0.435. The summed E-state index contributed by atoms with van der Waals surface area (Å²) in [6, 6.07) is 9.53. The molecule has 1 aromatic rings. The molecule has 3 rings (SSSR count). The van der Waals surface area contributed by atoms with E-state index in [4.69, 9.17) is 5.73 Å². The predicted octanol–water partition coefficient (Wildman–Crippen LogP) is 4.83. The zero-order valence-electron chi connectivity index (χ0n) is 16.6. The van der Waals surface area contributed by atoms with Crippen molar-refractivity contribution in [3.63, 3.8) is 0 Å². The standard InChI is InChI=1S/C23H22F2N4/c1-22(2,3)14-5-6-15-16(9-14)20(13-4-7-18(24)19(25)8-13)23(11-27,12-28)21(29)17(15)10-26/h4,6-8,14,16,20H,5,9,29H2,1-3H3/t14-,16-,20-/m1/s1. The minimum absolute atomic E-state index is 0.0396. The Morgan fingerprint density at radius 3 is 2.28 bits per heavy atom. The molecule has 0 radical (unpaired) electrons. The Labute approximate surface area is 169 Å². The van der Waals surface area contributed by atoms with Gasteiger partial charge < -0.3 is 5.73 Å². The van der Waals surface area contributed by atoms with E-state index >= 15 is 0 Å². The van der Waals surface area contributed by atoms with Crippen molar-refractivity contribution in [2.45, 2.75) is 39.5 Å². The van der Waals surface area contributed by atoms with E-state index in [0.29, 0.717) is 17.6 Å². The van der Waals surface area contributed by atoms with Gasteiger partial charge in [0.1, 0.15) is 6.07 Å². The number of hydrogen-bond donors (Lipinski definition) is 1. The second-order valence-corrected chi connectivity index (χ2v) is 8.88. The van der Waals surface area contributed by atoms with E-state index in [2.05, 4.69) is 26.8 Å². The monoisotopic (exact) mass is 392 g/mol. The van der Waals surface area contributed by atoms with Gasteiger partial charge in [-0.1, -0.05) is 32.9 Å². The lowest BCUT2D eigenvalue weighted by molar-refractivity contribution is 0.170. The molecule has 0 saturated carbocycles. The van der Waals surface area contributed by atoms with Crippen LogP contribution in [0.15, 0.2) is 41.1 Å². The summed E-state index contributed by atoms with van der Waals surface area (Å²) in [6.45, 7) is 6.34. The number of fused-ring (bicyclic) bond motifs is 1. The molecule has 0 saturated heterocycles. The maximum atomic E-state index is 14.1. The second-order valence-electron chi connectivity index (χ2n) is 8.88. The number of nitrogens with zero attached hydrogens (tertiary/aromatic N) is 3. The van der Waals surface area contributed by atoms with E-state index < -0.39 is 23.0 Å². The van der Waals surface area contributed by atoms with E-state index in [9.17, 15) is 24.6 Å². The Morgan fingerprint density at radius 1 is 1.10 bits per heavy atom. The zero-order chi connectivity index (χ0) is 21.6. The molecule has 0 amide bonds. The number of nitriles is 3. The molecule has 1 aromatic carbocycles. The fourth-order valence-corrected chi connectivity index (χ4v) is 4.68. The number of halogens is 2. The SMILES string of the molecule is CC(C)(C)[C@@H]1CC=C2C(C#N)=C(N)C(C#N)(C#N)[C@H](c3ccc(F)c(F)c3)[C@@H]2C1. The molecule has 2 aliphatic carbocycles. The topological polar surface area (TPSA) is 97.4 Å². The summed E-state index contributed by atoms with van der Waals surface area (Å²) in [5, 5.41) is 29.8. The molecule has 0 aromatic heterocycles. The van der Waals surface area contributed by atoms with E-state index in [1.165, 1.54) is 6.07 Å². The Hall–Kier alpha value is -3.17. The number of hydrogen-bond acceptors (Lipinski definition) is 4. The third-order valence-corrected chi connectivity index (χ3v) is 6.40. The van der Waals surface area contributed by atoms with Crippen molar-refractivity contribution in [1.29, 1.82) is 15.8 Å². The van der Waals surface area contributed by atoms with E-state index in [1.807, 2.05) is 18.2 Å². The van der Waals surface area contributed by atoms with Crippen molar-refractivity contribution >= 4 is 0 Å². The first-order valence-corrected chi connectivity index (χ1v) is 9.49. The molecule has 0 fully saturated rings. The summed E-state index contributed by atoms with van der Waals surface area (Å²) < 4.78 is 27.6. The number of nitrogens with two attached hydrogens (primary N) is 1. The average Bonchev–Trinajstić information content (AvgIpc) is 2.68. The van der Waals surface area contributed by atoms with Crippen molar-refractivity contribution in [2.24, 2.45) is 28.4 Å². The minimum atomic E-state index is -1.84. The van der Waals surface area contributed by atoms with Crippen LogP contribution in [0.5, 0.6) is 0 Å². The second kappa shape index (κ2) is 7.02. The molecule has 4 nitrogen and oxygen atoms in total. The van der Waals surface area contributed by atoms with Crippen LogP contribution in [0.1, 0.15) is 45.1 Å². The molecule has 0 bridgehead atoms. The van der Waals surface area contributed by atoms with Gasteiger partial charge in [-0.25, -0.2) is 8.78 Å². The third-order valence-electron chi connectivity index (χ3n) is 6.40. The van der Waals surface area contributed by atoms with Gasteiger partial charge in [0.2, 0.25) is 0 Å². The highest BCUT2D eigenvalue weighted by molar-refractivity contribution is 5.59. The predicted molar refractivity (Wildman–Crippen MR) is 103 cm³/mol. The Kier molecular flexibility index (Phi) is 4.97. The normalized spacial score (nSPS) is 25.9. The molecule has 2 N–H and O–H groups in total. The molecule has 29 heavy (non-hydrogen) atoms. The minimum Gasteiger partial charge on any atom is -0.399 e. The lowest BCUT2D eigenvalue weighted by Crippen LogP contribution is -2.44. The summed E-state index contributed by atoms with van der Waals surface area (Å²) in [6.07, 6.45) is 3.31. The fourth-order valence-electron chi connectivity index (χ4n) is 4.68. The van der Waals surface area contributed by atoms with Crippen LogP contribution in [0.25, 0.3) is 0 Å². The molecule has 0 unspecified atom stereocenters. The van der Waals surface area contributed by atoms with Crippen LogP contribution in [-0.2, 0) is 0 Å². The van der Waals surface area contributed by atoms with Crippen molar-refractivity contribution in [1.82, 2.24) is 0 Å². The van der Waals surface area contributed by atoms with Crippen LogP contribution in [0.4, 0.5) is 8.78 Å². The summed E-state index contributed by atoms with van der Waals surface area (Å²) >= 11 is 0. The number of rotatable bonds is 1. The van der Waals surface area contributed by atoms with Crippen molar-refractivity contribution < 1.29 is 8.78 Å². The van der Waals surface area contributed by atoms with Gasteiger partial charge in [-0.2, -0.15) is 15.8 Å². The van der Waals surface area contributed by atoms with E-state index in [-0.39, 0.29) is 28.5 Å². The van der Waals surface area contributed by atoms with Crippen molar-refractivity contribution in [3.8, 4) is 18.2 Å². The summed E-state index contributed by atoms with van der Waals surface area (Å²) in [5.41, 5.74) is 5.41. The highest BCUT2D eigenvalue weighted by Gasteiger charge is 2.55. The Morgan fingerprint density at radius 2 is 1.76 bits per heavy atom. The largest absolute Gasteiger partial charge is 0.399 e. The van der Waals surface area contributed by atoms with E-state index in [1.54, 1.807) is 0 Å². The van der Waals surface area contributed by atoms with Gasteiger partial charge in [0.05, 0.1) is 23.4 Å². The quantitative estimate of drug-likeness (QED) is 0.740. The van der Waals surface area contributed by atoms with Gasteiger partial charge in [-0.3, -0.25) is 0 Å².